The SMILES string of the molecule is C[C@]1(OCC(=O)c2ccc(-c3ccc(C(=O)CO[C@@]4(C)CC[C@H]5CCCC[C@H](C5)C4)cc3)cc2)CC[C@H]2CCCC[C@H](C2)C1. The lowest BCUT2D eigenvalue weighted by Crippen LogP contribution is -2.32. The summed E-state index contributed by atoms with van der Waals surface area (Å²) in [7, 11) is 0. The summed E-state index contributed by atoms with van der Waals surface area (Å²) in [5.41, 5.74) is 3.06. The van der Waals surface area contributed by atoms with E-state index in [1.165, 1.54) is 77.0 Å². The first-order chi connectivity index (χ1) is 21.3. The van der Waals surface area contributed by atoms with E-state index in [1.807, 2.05) is 48.5 Å². The Morgan fingerprint density at radius 2 is 0.932 bits per heavy atom. The predicted molar refractivity (Wildman–Crippen MR) is 177 cm³/mol. The van der Waals surface area contributed by atoms with Gasteiger partial charge in [-0.05, 0) is 100 Å². The Bertz CT molecular complexity index is 1170. The smallest absolute Gasteiger partial charge is 0.188 e. The van der Waals surface area contributed by atoms with Gasteiger partial charge in [-0.2, -0.15) is 0 Å². The van der Waals surface area contributed by atoms with Crippen molar-refractivity contribution in [3.05, 3.63) is 59.7 Å². The fourth-order valence-electron chi connectivity index (χ4n) is 9.09. The van der Waals surface area contributed by atoms with Crippen LogP contribution < -0.4 is 0 Å². The standard InChI is InChI=1S/C40H54O4/c1-39(21-19-29-7-3-5-9-31(23-29)25-39)43-27-37(41)35-15-11-33(12-16-35)34-13-17-36(18-14-34)38(42)28-44-40(2)22-20-30-8-4-6-10-32(24-30)26-40/h11-18,29-32H,3-10,19-28H2,1-2H3/t29-,30-,31-,32-,39+,40+/m1/s1. The van der Waals surface area contributed by atoms with Crippen LogP contribution in [0, 0.1) is 23.7 Å². The zero-order valence-corrected chi connectivity index (χ0v) is 27.3. The molecular weight excluding hydrogens is 544 g/mol. The third-order valence-electron chi connectivity index (χ3n) is 11.7. The van der Waals surface area contributed by atoms with Crippen molar-refractivity contribution in [1.82, 2.24) is 0 Å². The third kappa shape index (κ3) is 8.10. The van der Waals surface area contributed by atoms with Crippen molar-refractivity contribution in [1.29, 1.82) is 0 Å². The molecule has 4 heteroatoms. The molecule has 6 atom stereocenters. The molecule has 6 rings (SSSR count). The van der Waals surface area contributed by atoms with Gasteiger partial charge in [0, 0.05) is 11.1 Å². The Morgan fingerprint density at radius 1 is 0.568 bits per heavy atom. The van der Waals surface area contributed by atoms with E-state index in [0.717, 1.165) is 60.5 Å². The maximum absolute atomic E-state index is 13.1. The molecule has 0 aromatic heterocycles. The van der Waals surface area contributed by atoms with Crippen LogP contribution >= 0.6 is 0 Å². The number of ketones is 2. The molecule has 0 saturated heterocycles. The molecule has 4 fully saturated rings. The van der Waals surface area contributed by atoms with Crippen LogP contribution in [0.25, 0.3) is 11.1 Å². The first-order valence-corrected chi connectivity index (χ1v) is 17.8. The first-order valence-electron chi connectivity index (χ1n) is 17.8. The highest BCUT2D eigenvalue weighted by Gasteiger charge is 2.37. The number of rotatable bonds is 9. The Hall–Kier alpha value is -2.30. The number of Topliss-reactive ketones (excluding diaryl/α,β-unsaturated/α-hetero) is 2. The molecule has 4 bridgehead atoms. The van der Waals surface area contributed by atoms with Crippen LogP contribution in [0.5, 0.6) is 0 Å². The molecule has 4 nitrogen and oxygen atoms in total. The fraction of sp³-hybridized carbons (Fsp3) is 0.650. The van der Waals surface area contributed by atoms with Gasteiger partial charge in [-0.3, -0.25) is 9.59 Å². The van der Waals surface area contributed by atoms with Gasteiger partial charge < -0.3 is 9.47 Å². The summed E-state index contributed by atoms with van der Waals surface area (Å²) in [5.74, 6) is 3.26. The zero-order valence-electron chi connectivity index (χ0n) is 27.3. The lowest BCUT2D eigenvalue weighted by atomic mass is 9.87. The maximum Gasteiger partial charge on any atom is 0.188 e. The predicted octanol–water partition coefficient (Wildman–Crippen LogP) is 10.0. The van der Waals surface area contributed by atoms with E-state index in [0.29, 0.717) is 11.1 Å². The van der Waals surface area contributed by atoms with E-state index in [-0.39, 0.29) is 36.0 Å². The number of carbonyl (C=O) groups is 2. The molecule has 4 aliphatic carbocycles. The average molecular weight is 599 g/mol. The summed E-state index contributed by atoms with van der Waals surface area (Å²) in [4.78, 5) is 26.2. The highest BCUT2D eigenvalue weighted by atomic mass is 16.5. The summed E-state index contributed by atoms with van der Waals surface area (Å²) >= 11 is 0. The summed E-state index contributed by atoms with van der Waals surface area (Å²) in [6.07, 6.45) is 20.2. The van der Waals surface area contributed by atoms with Crippen LogP contribution in [0.2, 0.25) is 0 Å². The van der Waals surface area contributed by atoms with Crippen molar-refractivity contribution in [2.75, 3.05) is 13.2 Å². The molecule has 4 saturated carbocycles. The number of fused-ring (bicyclic) bond motifs is 4. The minimum atomic E-state index is -0.192. The molecule has 0 radical (unpaired) electrons. The second kappa shape index (κ2) is 14.0. The second-order valence-corrected chi connectivity index (χ2v) is 15.5. The molecular formula is C40H54O4. The molecule has 238 valence electrons. The number of carbonyl (C=O) groups excluding carboxylic acids is 2. The minimum Gasteiger partial charge on any atom is -0.367 e. The highest BCUT2D eigenvalue weighted by molar-refractivity contribution is 5.98. The van der Waals surface area contributed by atoms with E-state index >= 15 is 0 Å². The van der Waals surface area contributed by atoms with E-state index < -0.39 is 0 Å². The van der Waals surface area contributed by atoms with Crippen molar-refractivity contribution in [2.24, 2.45) is 23.7 Å². The number of hydrogen-bond acceptors (Lipinski definition) is 4. The number of hydrogen-bond donors (Lipinski definition) is 0. The Kier molecular flexibility index (Phi) is 10.1. The molecule has 2 aromatic rings. The normalized spacial score (nSPS) is 32.5. The molecule has 2 aromatic carbocycles. The quantitative estimate of drug-likeness (QED) is 0.270. The van der Waals surface area contributed by atoms with Crippen LogP contribution in [0.1, 0.15) is 137 Å². The molecule has 0 heterocycles. The summed E-state index contributed by atoms with van der Waals surface area (Å²) < 4.78 is 12.7. The number of ether oxygens (including phenoxy) is 2. The van der Waals surface area contributed by atoms with Gasteiger partial charge in [-0.1, -0.05) is 99.9 Å². The van der Waals surface area contributed by atoms with Gasteiger partial charge in [-0.25, -0.2) is 0 Å². The van der Waals surface area contributed by atoms with Crippen LogP contribution in [-0.4, -0.2) is 36.0 Å². The maximum atomic E-state index is 13.1. The largest absolute Gasteiger partial charge is 0.367 e. The van der Waals surface area contributed by atoms with Gasteiger partial charge >= 0.3 is 0 Å². The third-order valence-corrected chi connectivity index (χ3v) is 11.7. The Balaban J connectivity index is 1.000. The van der Waals surface area contributed by atoms with Crippen molar-refractivity contribution < 1.29 is 19.1 Å². The van der Waals surface area contributed by atoms with E-state index in [4.69, 9.17) is 9.47 Å². The van der Waals surface area contributed by atoms with Crippen LogP contribution in [0.4, 0.5) is 0 Å². The Labute approximate surface area is 265 Å². The van der Waals surface area contributed by atoms with Gasteiger partial charge in [0.25, 0.3) is 0 Å². The van der Waals surface area contributed by atoms with Crippen molar-refractivity contribution >= 4 is 11.6 Å². The van der Waals surface area contributed by atoms with Crippen molar-refractivity contribution in [3.63, 3.8) is 0 Å². The second-order valence-electron chi connectivity index (χ2n) is 15.5. The van der Waals surface area contributed by atoms with Crippen LogP contribution in [0.15, 0.2) is 48.5 Å². The van der Waals surface area contributed by atoms with E-state index in [9.17, 15) is 9.59 Å². The monoisotopic (exact) mass is 598 g/mol. The van der Waals surface area contributed by atoms with Gasteiger partial charge in [0.05, 0.1) is 11.2 Å². The van der Waals surface area contributed by atoms with Gasteiger partial charge in [0.1, 0.15) is 13.2 Å². The van der Waals surface area contributed by atoms with Gasteiger partial charge in [0.15, 0.2) is 11.6 Å². The minimum absolute atomic E-state index is 0.0459. The Morgan fingerprint density at radius 3 is 1.32 bits per heavy atom. The van der Waals surface area contributed by atoms with Crippen molar-refractivity contribution in [2.45, 2.75) is 128 Å². The van der Waals surface area contributed by atoms with Gasteiger partial charge in [0.2, 0.25) is 0 Å². The first kappa shape index (κ1) is 31.7. The molecule has 0 unspecified atom stereocenters. The zero-order chi connectivity index (χ0) is 30.6. The van der Waals surface area contributed by atoms with E-state index in [2.05, 4.69) is 13.8 Å². The summed E-state index contributed by atoms with van der Waals surface area (Å²) in [6, 6.07) is 15.6. The molecule has 0 spiro atoms. The molecule has 0 N–H and O–H groups in total. The van der Waals surface area contributed by atoms with Gasteiger partial charge in [-0.15, -0.1) is 0 Å². The fourth-order valence-corrected chi connectivity index (χ4v) is 9.09. The molecule has 4 aliphatic rings. The average Bonchev–Trinajstić information content (AvgIpc) is 3.53. The van der Waals surface area contributed by atoms with Crippen LogP contribution in [-0.2, 0) is 9.47 Å². The molecule has 44 heavy (non-hydrogen) atoms. The topological polar surface area (TPSA) is 52.6 Å². The van der Waals surface area contributed by atoms with Crippen molar-refractivity contribution in [3.8, 4) is 11.1 Å². The molecule has 0 amide bonds. The lowest BCUT2D eigenvalue weighted by molar-refractivity contribution is -0.0420. The summed E-state index contributed by atoms with van der Waals surface area (Å²) in [6.45, 7) is 4.74. The molecule has 0 aliphatic heterocycles. The number of benzene rings is 2. The lowest BCUT2D eigenvalue weighted by Gasteiger charge is -2.31. The van der Waals surface area contributed by atoms with E-state index in [1.54, 1.807) is 0 Å². The highest BCUT2D eigenvalue weighted by Crippen LogP contribution is 2.43. The summed E-state index contributed by atoms with van der Waals surface area (Å²) in [5, 5.41) is 0. The van der Waals surface area contributed by atoms with Crippen LogP contribution in [0.3, 0.4) is 0 Å².